The highest BCUT2D eigenvalue weighted by molar-refractivity contribution is 5.49. The van der Waals surface area contributed by atoms with Gasteiger partial charge in [-0.1, -0.05) is 30.3 Å². The van der Waals surface area contributed by atoms with E-state index in [0.717, 1.165) is 30.9 Å². The molecule has 0 atom stereocenters. The summed E-state index contributed by atoms with van der Waals surface area (Å²) in [5.74, 6) is 1.64. The Morgan fingerprint density at radius 3 is 2.05 bits per heavy atom. The molecule has 0 radical (unpaired) electrons. The molecule has 110 valence electrons. The van der Waals surface area contributed by atoms with Crippen LogP contribution in [0.5, 0.6) is 11.5 Å². The summed E-state index contributed by atoms with van der Waals surface area (Å²) in [6, 6.07) is 15.2. The zero-order chi connectivity index (χ0) is 14.7. The lowest BCUT2D eigenvalue weighted by molar-refractivity contribution is 0.354. The SMILES string of the molecule is COc1cc2c(cc1OC)CC(NCc1ccccc1)C2. The van der Waals surface area contributed by atoms with Gasteiger partial charge >= 0.3 is 0 Å². The van der Waals surface area contributed by atoms with Gasteiger partial charge in [0.05, 0.1) is 14.2 Å². The van der Waals surface area contributed by atoms with Crippen LogP contribution in [0, 0.1) is 0 Å². The molecule has 0 aromatic heterocycles. The predicted octanol–water partition coefficient (Wildman–Crippen LogP) is 2.96. The van der Waals surface area contributed by atoms with Crippen LogP contribution in [-0.4, -0.2) is 20.3 Å². The number of fused-ring (bicyclic) bond motifs is 1. The van der Waals surface area contributed by atoms with Gasteiger partial charge in [0, 0.05) is 12.6 Å². The lowest BCUT2D eigenvalue weighted by atomic mass is 10.1. The van der Waals surface area contributed by atoms with Gasteiger partial charge in [-0.05, 0) is 41.7 Å². The smallest absolute Gasteiger partial charge is 0.161 e. The molecular formula is C18H21NO2. The standard InChI is InChI=1S/C18H21NO2/c1-20-17-10-14-8-16(9-15(14)11-18(17)21-2)19-12-13-6-4-3-5-7-13/h3-7,10-11,16,19H,8-9,12H2,1-2H3. The minimum absolute atomic E-state index is 0.483. The van der Waals surface area contributed by atoms with Crippen molar-refractivity contribution in [3.05, 3.63) is 59.2 Å². The van der Waals surface area contributed by atoms with E-state index >= 15 is 0 Å². The molecule has 2 aromatic carbocycles. The minimum atomic E-state index is 0.483. The van der Waals surface area contributed by atoms with Crippen molar-refractivity contribution in [1.29, 1.82) is 0 Å². The number of ether oxygens (including phenoxy) is 2. The van der Waals surface area contributed by atoms with Gasteiger partial charge in [0.1, 0.15) is 0 Å². The molecule has 0 bridgehead atoms. The number of hydrogen-bond donors (Lipinski definition) is 1. The van der Waals surface area contributed by atoms with Crippen LogP contribution in [0.1, 0.15) is 16.7 Å². The Hall–Kier alpha value is -2.00. The first-order valence-electron chi connectivity index (χ1n) is 7.31. The van der Waals surface area contributed by atoms with Crippen LogP contribution in [0.2, 0.25) is 0 Å². The first-order chi connectivity index (χ1) is 10.3. The number of benzene rings is 2. The second-order valence-corrected chi connectivity index (χ2v) is 5.45. The maximum Gasteiger partial charge on any atom is 0.161 e. The van der Waals surface area contributed by atoms with Crippen LogP contribution in [0.25, 0.3) is 0 Å². The average molecular weight is 283 g/mol. The van der Waals surface area contributed by atoms with E-state index in [-0.39, 0.29) is 0 Å². The molecule has 0 fully saturated rings. The third-order valence-electron chi connectivity index (χ3n) is 4.08. The monoisotopic (exact) mass is 283 g/mol. The van der Waals surface area contributed by atoms with E-state index in [0.29, 0.717) is 6.04 Å². The molecule has 21 heavy (non-hydrogen) atoms. The molecule has 2 aromatic rings. The molecule has 0 spiro atoms. The molecule has 3 rings (SSSR count). The van der Waals surface area contributed by atoms with Crippen LogP contribution >= 0.6 is 0 Å². The first-order valence-corrected chi connectivity index (χ1v) is 7.31. The Morgan fingerprint density at radius 2 is 1.52 bits per heavy atom. The molecule has 0 saturated heterocycles. The van der Waals surface area contributed by atoms with Gasteiger partial charge in [0.2, 0.25) is 0 Å². The topological polar surface area (TPSA) is 30.5 Å². The second-order valence-electron chi connectivity index (χ2n) is 5.45. The fourth-order valence-electron chi connectivity index (χ4n) is 2.95. The van der Waals surface area contributed by atoms with Crippen LogP contribution in [-0.2, 0) is 19.4 Å². The van der Waals surface area contributed by atoms with Crippen LogP contribution in [0.15, 0.2) is 42.5 Å². The number of methoxy groups -OCH3 is 2. The summed E-state index contributed by atoms with van der Waals surface area (Å²) in [6.07, 6.45) is 2.09. The molecule has 0 heterocycles. The van der Waals surface area contributed by atoms with Crippen molar-refractivity contribution in [3.63, 3.8) is 0 Å². The summed E-state index contributed by atoms with van der Waals surface area (Å²) < 4.78 is 10.8. The van der Waals surface area contributed by atoms with Crippen molar-refractivity contribution < 1.29 is 9.47 Å². The Bertz CT molecular complexity index is 577. The minimum Gasteiger partial charge on any atom is -0.493 e. The highest BCUT2D eigenvalue weighted by atomic mass is 16.5. The summed E-state index contributed by atoms with van der Waals surface area (Å²) in [4.78, 5) is 0. The maximum atomic E-state index is 5.38. The summed E-state index contributed by atoms with van der Waals surface area (Å²) in [7, 11) is 3.37. The third kappa shape index (κ3) is 3.03. The molecule has 1 aliphatic rings. The largest absolute Gasteiger partial charge is 0.493 e. The van der Waals surface area contributed by atoms with Crippen molar-refractivity contribution in [2.24, 2.45) is 0 Å². The number of hydrogen-bond acceptors (Lipinski definition) is 3. The summed E-state index contributed by atoms with van der Waals surface area (Å²) in [6.45, 7) is 0.910. The fraction of sp³-hybridized carbons (Fsp3) is 0.333. The highest BCUT2D eigenvalue weighted by Gasteiger charge is 2.23. The summed E-state index contributed by atoms with van der Waals surface area (Å²) in [5, 5.41) is 3.64. The van der Waals surface area contributed by atoms with Gasteiger partial charge in [0.15, 0.2) is 11.5 Å². The van der Waals surface area contributed by atoms with Crippen LogP contribution in [0.4, 0.5) is 0 Å². The van der Waals surface area contributed by atoms with Crippen LogP contribution in [0.3, 0.4) is 0 Å². The van der Waals surface area contributed by atoms with Gasteiger partial charge in [-0.15, -0.1) is 0 Å². The van der Waals surface area contributed by atoms with E-state index in [9.17, 15) is 0 Å². The van der Waals surface area contributed by atoms with E-state index < -0.39 is 0 Å². The van der Waals surface area contributed by atoms with E-state index in [1.54, 1.807) is 14.2 Å². The fourth-order valence-corrected chi connectivity index (χ4v) is 2.95. The third-order valence-corrected chi connectivity index (χ3v) is 4.08. The average Bonchev–Trinajstić information content (AvgIpc) is 2.94. The molecular weight excluding hydrogens is 262 g/mol. The zero-order valence-corrected chi connectivity index (χ0v) is 12.6. The molecule has 0 unspecified atom stereocenters. The maximum absolute atomic E-state index is 5.38. The van der Waals surface area contributed by atoms with Crippen molar-refractivity contribution in [3.8, 4) is 11.5 Å². The molecule has 0 aliphatic heterocycles. The summed E-state index contributed by atoms with van der Waals surface area (Å²) >= 11 is 0. The van der Waals surface area contributed by atoms with Gasteiger partial charge in [0.25, 0.3) is 0 Å². The molecule has 3 heteroatoms. The van der Waals surface area contributed by atoms with Gasteiger partial charge < -0.3 is 14.8 Å². The molecule has 0 saturated carbocycles. The molecule has 0 amide bonds. The molecule has 1 N–H and O–H groups in total. The number of nitrogens with one attached hydrogen (secondary N) is 1. The van der Waals surface area contributed by atoms with E-state index in [4.69, 9.17) is 9.47 Å². The Labute approximate surface area is 125 Å². The van der Waals surface area contributed by atoms with Crippen molar-refractivity contribution in [2.75, 3.05) is 14.2 Å². The van der Waals surface area contributed by atoms with Crippen molar-refractivity contribution in [1.82, 2.24) is 5.32 Å². The highest BCUT2D eigenvalue weighted by Crippen LogP contribution is 2.34. The van der Waals surface area contributed by atoms with Gasteiger partial charge in [-0.25, -0.2) is 0 Å². The van der Waals surface area contributed by atoms with Crippen molar-refractivity contribution >= 4 is 0 Å². The van der Waals surface area contributed by atoms with E-state index in [1.165, 1.54) is 16.7 Å². The van der Waals surface area contributed by atoms with Gasteiger partial charge in [-0.3, -0.25) is 0 Å². The van der Waals surface area contributed by atoms with Crippen LogP contribution < -0.4 is 14.8 Å². The Morgan fingerprint density at radius 1 is 0.952 bits per heavy atom. The summed E-state index contributed by atoms with van der Waals surface area (Å²) in [5.41, 5.74) is 4.04. The quantitative estimate of drug-likeness (QED) is 0.915. The number of rotatable bonds is 5. The van der Waals surface area contributed by atoms with E-state index in [2.05, 4.69) is 41.7 Å². The first kappa shape index (κ1) is 14.0. The normalized spacial score (nSPS) is 14.0. The molecule has 1 aliphatic carbocycles. The van der Waals surface area contributed by atoms with Gasteiger partial charge in [-0.2, -0.15) is 0 Å². The Balaban J connectivity index is 1.67. The molecule has 3 nitrogen and oxygen atoms in total. The lowest BCUT2D eigenvalue weighted by Gasteiger charge is -2.11. The van der Waals surface area contributed by atoms with Crippen molar-refractivity contribution in [2.45, 2.75) is 25.4 Å². The Kier molecular flexibility index (Phi) is 4.11. The zero-order valence-electron chi connectivity index (χ0n) is 12.6. The predicted molar refractivity (Wildman–Crippen MR) is 84.0 cm³/mol. The lowest BCUT2D eigenvalue weighted by Crippen LogP contribution is -2.28. The second kappa shape index (κ2) is 6.19. The van der Waals surface area contributed by atoms with E-state index in [1.807, 2.05) is 6.07 Å².